The second-order valence-corrected chi connectivity index (χ2v) is 9.72. The second kappa shape index (κ2) is 13.1. The van der Waals surface area contributed by atoms with Gasteiger partial charge in [0.25, 0.3) is 0 Å². The predicted molar refractivity (Wildman–Crippen MR) is 140 cm³/mol. The molecule has 0 spiro atoms. The molecule has 0 saturated carbocycles. The van der Waals surface area contributed by atoms with Crippen LogP contribution in [0.2, 0.25) is 0 Å². The molecule has 186 valence electrons. The number of nitrogens with zero attached hydrogens (tertiary/aromatic N) is 3. The molecular formula is C27H34N4O3S. The Kier molecular flexibility index (Phi) is 9.90. The number of ether oxygens (including phenoxy) is 1. The summed E-state index contributed by atoms with van der Waals surface area (Å²) in [6, 6.07) is 15.1. The van der Waals surface area contributed by atoms with Crippen molar-refractivity contribution < 1.29 is 14.3 Å². The molecule has 0 radical (unpaired) electrons. The van der Waals surface area contributed by atoms with Crippen molar-refractivity contribution in [3.05, 3.63) is 65.5 Å². The average Bonchev–Trinajstić information content (AvgIpc) is 3.22. The van der Waals surface area contributed by atoms with Gasteiger partial charge in [0.05, 0.1) is 5.75 Å². The van der Waals surface area contributed by atoms with Crippen LogP contribution in [-0.4, -0.2) is 32.2 Å². The highest BCUT2D eigenvalue weighted by atomic mass is 32.2. The Hall–Kier alpha value is -3.13. The molecule has 0 unspecified atom stereocenters. The lowest BCUT2D eigenvalue weighted by Gasteiger charge is -2.13. The van der Waals surface area contributed by atoms with Gasteiger partial charge in [0.1, 0.15) is 12.4 Å². The highest BCUT2D eigenvalue weighted by molar-refractivity contribution is 7.99. The molecule has 7 nitrogen and oxygen atoms in total. The Labute approximate surface area is 211 Å². The van der Waals surface area contributed by atoms with Gasteiger partial charge >= 0.3 is 0 Å². The lowest BCUT2D eigenvalue weighted by atomic mass is 10.1. The number of aromatic nitrogens is 3. The van der Waals surface area contributed by atoms with Gasteiger partial charge in [-0.25, -0.2) is 0 Å². The van der Waals surface area contributed by atoms with Crippen molar-refractivity contribution in [1.82, 2.24) is 14.8 Å². The molecule has 8 heteroatoms. The molecule has 0 saturated heterocycles. The zero-order valence-electron chi connectivity index (χ0n) is 20.9. The molecule has 0 aliphatic rings. The van der Waals surface area contributed by atoms with Gasteiger partial charge in [-0.1, -0.05) is 51.6 Å². The van der Waals surface area contributed by atoms with Crippen molar-refractivity contribution in [1.29, 1.82) is 0 Å². The van der Waals surface area contributed by atoms with Gasteiger partial charge in [-0.15, -0.1) is 10.2 Å². The first-order valence-corrected chi connectivity index (χ1v) is 13.1. The molecule has 0 fully saturated rings. The SMILES string of the molecule is CCCC(=O)Nc1ccc(C(=O)CSc2nnc(COc3ccc(CC)cc3)n2CC(C)C)cc1. The average molecular weight is 495 g/mol. The van der Waals surface area contributed by atoms with Crippen LogP contribution in [0.5, 0.6) is 5.75 Å². The van der Waals surface area contributed by atoms with Crippen LogP contribution in [0.15, 0.2) is 53.7 Å². The van der Waals surface area contributed by atoms with Crippen LogP contribution in [-0.2, 0) is 24.4 Å². The number of ketones is 1. The van der Waals surface area contributed by atoms with E-state index in [1.54, 1.807) is 24.3 Å². The topological polar surface area (TPSA) is 86.1 Å². The van der Waals surface area contributed by atoms with E-state index < -0.39 is 0 Å². The van der Waals surface area contributed by atoms with Crippen molar-refractivity contribution in [2.75, 3.05) is 11.1 Å². The summed E-state index contributed by atoms with van der Waals surface area (Å²) in [5, 5.41) is 12.2. The van der Waals surface area contributed by atoms with Crippen LogP contribution >= 0.6 is 11.8 Å². The molecule has 0 atom stereocenters. The number of hydrogen-bond acceptors (Lipinski definition) is 6. The third kappa shape index (κ3) is 7.96. The first kappa shape index (κ1) is 26.5. The first-order chi connectivity index (χ1) is 16.9. The lowest BCUT2D eigenvalue weighted by Crippen LogP contribution is -2.13. The van der Waals surface area contributed by atoms with Crippen molar-refractivity contribution in [3.8, 4) is 5.75 Å². The van der Waals surface area contributed by atoms with E-state index in [9.17, 15) is 9.59 Å². The minimum atomic E-state index is -0.0237. The molecule has 0 aliphatic heterocycles. The number of hydrogen-bond donors (Lipinski definition) is 1. The van der Waals surface area contributed by atoms with Crippen LogP contribution in [0.3, 0.4) is 0 Å². The Balaban J connectivity index is 1.62. The highest BCUT2D eigenvalue weighted by Crippen LogP contribution is 2.22. The number of carbonyl (C=O) groups excluding carboxylic acids is 2. The van der Waals surface area contributed by atoms with E-state index in [2.05, 4.69) is 48.4 Å². The molecule has 1 aromatic heterocycles. The Morgan fingerprint density at radius 2 is 1.74 bits per heavy atom. The zero-order valence-corrected chi connectivity index (χ0v) is 21.7. The van der Waals surface area contributed by atoms with Gasteiger partial charge in [-0.05, 0) is 60.7 Å². The quantitative estimate of drug-likeness (QED) is 0.239. The standard InChI is InChI=1S/C27H34N4O3S/c1-5-7-26(33)28-22-12-10-21(11-13-22)24(32)18-35-27-30-29-25(31(27)16-19(3)4)17-34-23-14-8-20(6-2)9-15-23/h8-15,19H,5-7,16-18H2,1-4H3,(H,28,33). The van der Waals surface area contributed by atoms with Crippen LogP contribution in [0.4, 0.5) is 5.69 Å². The van der Waals surface area contributed by atoms with Gasteiger partial charge in [-0.3, -0.25) is 9.59 Å². The van der Waals surface area contributed by atoms with Crippen LogP contribution in [0.1, 0.15) is 62.3 Å². The van der Waals surface area contributed by atoms with Crippen molar-refractivity contribution in [2.24, 2.45) is 5.92 Å². The van der Waals surface area contributed by atoms with E-state index in [0.717, 1.165) is 31.0 Å². The lowest BCUT2D eigenvalue weighted by molar-refractivity contribution is -0.116. The molecule has 1 N–H and O–H groups in total. The summed E-state index contributed by atoms with van der Waals surface area (Å²) >= 11 is 1.38. The minimum absolute atomic E-state index is 0.00524. The molecule has 35 heavy (non-hydrogen) atoms. The first-order valence-electron chi connectivity index (χ1n) is 12.1. The van der Waals surface area contributed by atoms with Gasteiger partial charge in [-0.2, -0.15) is 0 Å². The van der Waals surface area contributed by atoms with E-state index in [1.807, 2.05) is 23.6 Å². The third-order valence-corrected chi connectivity index (χ3v) is 6.31. The fourth-order valence-corrected chi connectivity index (χ4v) is 4.31. The zero-order chi connectivity index (χ0) is 25.2. The number of Topliss-reactive ketones (excluding diaryl/α,β-unsaturated/α-hetero) is 1. The monoisotopic (exact) mass is 494 g/mol. The largest absolute Gasteiger partial charge is 0.486 e. The summed E-state index contributed by atoms with van der Waals surface area (Å²) in [4.78, 5) is 24.5. The molecular weight excluding hydrogens is 460 g/mol. The number of rotatable bonds is 13. The van der Waals surface area contributed by atoms with Crippen LogP contribution in [0, 0.1) is 5.92 Å². The Morgan fingerprint density at radius 3 is 2.37 bits per heavy atom. The maximum Gasteiger partial charge on any atom is 0.224 e. The van der Waals surface area contributed by atoms with Gasteiger partial charge in [0.2, 0.25) is 5.91 Å². The van der Waals surface area contributed by atoms with Crippen LogP contribution in [0.25, 0.3) is 0 Å². The molecule has 1 amide bonds. The van der Waals surface area contributed by atoms with Gasteiger partial charge < -0.3 is 14.6 Å². The minimum Gasteiger partial charge on any atom is -0.486 e. The molecule has 0 aliphatic carbocycles. The number of nitrogens with one attached hydrogen (secondary N) is 1. The number of amides is 1. The third-order valence-electron chi connectivity index (χ3n) is 5.34. The summed E-state index contributed by atoms with van der Waals surface area (Å²) in [7, 11) is 0. The Morgan fingerprint density at radius 1 is 1.03 bits per heavy atom. The summed E-state index contributed by atoms with van der Waals surface area (Å²) in [6.07, 6.45) is 2.26. The van der Waals surface area contributed by atoms with Crippen molar-refractivity contribution in [2.45, 2.75) is 65.3 Å². The van der Waals surface area contributed by atoms with Crippen LogP contribution < -0.4 is 10.1 Å². The van der Waals surface area contributed by atoms with Crippen molar-refractivity contribution in [3.63, 3.8) is 0 Å². The smallest absolute Gasteiger partial charge is 0.224 e. The number of thioether (sulfide) groups is 1. The highest BCUT2D eigenvalue weighted by Gasteiger charge is 2.17. The summed E-state index contributed by atoms with van der Waals surface area (Å²) in [6.45, 7) is 9.40. The van der Waals surface area contributed by atoms with Gasteiger partial charge in [0, 0.05) is 24.2 Å². The summed E-state index contributed by atoms with van der Waals surface area (Å²) < 4.78 is 7.98. The van der Waals surface area contributed by atoms with E-state index in [0.29, 0.717) is 35.4 Å². The predicted octanol–water partition coefficient (Wildman–Crippen LogP) is 5.79. The molecule has 2 aromatic carbocycles. The number of anilines is 1. The summed E-state index contributed by atoms with van der Waals surface area (Å²) in [5.41, 5.74) is 2.55. The maximum absolute atomic E-state index is 12.8. The molecule has 1 heterocycles. The molecule has 3 rings (SSSR count). The summed E-state index contributed by atoms with van der Waals surface area (Å²) in [5.74, 6) is 2.13. The fourth-order valence-electron chi connectivity index (χ4n) is 3.45. The number of aryl methyl sites for hydroxylation is 1. The normalized spacial score (nSPS) is 11.0. The van der Waals surface area contributed by atoms with E-state index in [1.165, 1.54) is 17.3 Å². The molecule has 0 bridgehead atoms. The fraction of sp³-hybridized carbons (Fsp3) is 0.407. The van der Waals surface area contributed by atoms with Crippen molar-refractivity contribution >= 4 is 29.1 Å². The maximum atomic E-state index is 12.8. The Bertz CT molecular complexity index is 1110. The van der Waals surface area contributed by atoms with E-state index in [-0.39, 0.29) is 17.4 Å². The number of benzene rings is 2. The van der Waals surface area contributed by atoms with E-state index in [4.69, 9.17) is 4.74 Å². The number of carbonyl (C=O) groups is 2. The van der Waals surface area contributed by atoms with E-state index >= 15 is 0 Å². The van der Waals surface area contributed by atoms with Gasteiger partial charge in [0.15, 0.2) is 16.8 Å². The second-order valence-electron chi connectivity index (χ2n) is 8.78. The molecule has 3 aromatic rings.